The summed E-state index contributed by atoms with van der Waals surface area (Å²) in [6, 6.07) is 0.584. The SMILES string of the molecule is CCN(CC)C1CCN(C(=O)CC(N)C(C)(C)C)CC1. The van der Waals surface area contributed by atoms with E-state index in [9.17, 15) is 4.79 Å². The lowest BCUT2D eigenvalue weighted by molar-refractivity contribution is -0.133. The molecule has 1 unspecified atom stereocenters. The Kier molecular flexibility index (Phi) is 6.46. The molecule has 1 saturated heterocycles. The van der Waals surface area contributed by atoms with Crippen LogP contribution in [-0.2, 0) is 4.79 Å². The van der Waals surface area contributed by atoms with E-state index in [1.54, 1.807) is 0 Å². The first kappa shape index (κ1) is 17.4. The van der Waals surface area contributed by atoms with Crippen LogP contribution in [0.3, 0.4) is 0 Å². The van der Waals surface area contributed by atoms with Gasteiger partial charge in [0.05, 0.1) is 0 Å². The first-order valence-electron chi connectivity index (χ1n) is 8.07. The largest absolute Gasteiger partial charge is 0.343 e. The van der Waals surface area contributed by atoms with Gasteiger partial charge in [-0.05, 0) is 31.3 Å². The molecule has 1 aliphatic heterocycles. The number of nitrogens with zero attached hydrogens (tertiary/aromatic N) is 2. The number of hydrogen-bond donors (Lipinski definition) is 1. The summed E-state index contributed by atoms with van der Waals surface area (Å²) >= 11 is 0. The minimum atomic E-state index is -0.0597. The van der Waals surface area contributed by atoms with E-state index in [0.29, 0.717) is 12.5 Å². The van der Waals surface area contributed by atoms with E-state index in [-0.39, 0.29) is 17.4 Å². The van der Waals surface area contributed by atoms with Crippen LogP contribution in [0.5, 0.6) is 0 Å². The second-order valence-electron chi connectivity index (χ2n) is 7.01. The fourth-order valence-corrected chi connectivity index (χ4v) is 2.84. The van der Waals surface area contributed by atoms with Crippen LogP contribution in [0.4, 0.5) is 0 Å². The molecule has 0 bridgehead atoms. The maximum atomic E-state index is 12.3. The van der Waals surface area contributed by atoms with E-state index in [2.05, 4.69) is 39.5 Å². The number of hydrogen-bond acceptors (Lipinski definition) is 3. The van der Waals surface area contributed by atoms with Gasteiger partial charge in [0.2, 0.25) is 5.91 Å². The van der Waals surface area contributed by atoms with Crippen LogP contribution in [0.25, 0.3) is 0 Å². The summed E-state index contributed by atoms with van der Waals surface area (Å²) in [5.41, 5.74) is 6.12. The number of rotatable bonds is 5. The molecule has 0 spiro atoms. The molecule has 1 fully saturated rings. The average Bonchev–Trinajstić information content (AvgIpc) is 2.39. The normalized spacial score (nSPS) is 19.4. The third kappa shape index (κ3) is 4.74. The summed E-state index contributed by atoms with van der Waals surface area (Å²) in [6.07, 6.45) is 2.66. The molecule has 0 aromatic carbocycles. The predicted molar refractivity (Wildman–Crippen MR) is 84.6 cm³/mol. The predicted octanol–water partition coefficient (Wildman–Crippen LogP) is 2.08. The van der Waals surface area contributed by atoms with Crippen molar-refractivity contribution in [2.24, 2.45) is 11.1 Å². The number of nitrogens with two attached hydrogens (primary N) is 1. The van der Waals surface area contributed by atoms with Gasteiger partial charge in [0.25, 0.3) is 0 Å². The van der Waals surface area contributed by atoms with Gasteiger partial charge in [-0.1, -0.05) is 34.6 Å². The molecule has 0 aromatic rings. The highest BCUT2D eigenvalue weighted by molar-refractivity contribution is 5.77. The first-order chi connectivity index (χ1) is 9.29. The Morgan fingerprint density at radius 3 is 2.15 bits per heavy atom. The molecule has 0 saturated carbocycles. The Hall–Kier alpha value is -0.610. The molecule has 2 N–H and O–H groups in total. The molecule has 1 amide bonds. The lowest BCUT2D eigenvalue weighted by Gasteiger charge is -2.38. The molecule has 1 atom stereocenters. The van der Waals surface area contributed by atoms with Gasteiger partial charge in [-0.15, -0.1) is 0 Å². The Bertz CT molecular complexity index is 299. The van der Waals surface area contributed by atoms with Crippen molar-refractivity contribution in [3.8, 4) is 0 Å². The Balaban J connectivity index is 2.43. The smallest absolute Gasteiger partial charge is 0.224 e. The number of carbonyl (C=O) groups excluding carboxylic acids is 1. The van der Waals surface area contributed by atoms with E-state index in [1.807, 2.05) is 4.90 Å². The number of carbonyl (C=O) groups is 1. The summed E-state index contributed by atoms with van der Waals surface area (Å²) in [6.45, 7) is 14.7. The highest BCUT2D eigenvalue weighted by Crippen LogP contribution is 2.22. The zero-order chi connectivity index (χ0) is 15.3. The highest BCUT2D eigenvalue weighted by atomic mass is 16.2. The number of likely N-dealkylation sites (tertiary alicyclic amines) is 1. The van der Waals surface area contributed by atoms with Crippen LogP contribution in [0.15, 0.2) is 0 Å². The molecule has 1 heterocycles. The second kappa shape index (κ2) is 7.41. The summed E-state index contributed by atoms with van der Waals surface area (Å²) in [4.78, 5) is 16.8. The molecule has 0 aliphatic carbocycles. The van der Waals surface area contributed by atoms with E-state index >= 15 is 0 Å². The molecule has 118 valence electrons. The fraction of sp³-hybridized carbons (Fsp3) is 0.938. The van der Waals surface area contributed by atoms with Gasteiger partial charge < -0.3 is 15.5 Å². The van der Waals surface area contributed by atoms with Crippen molar-refractivity contribution in [3.05, 3.63) is 0 Å². The van der Waals surface area contributed by atoms with Crippen LogP contribution < -0.4 is 5.73 Å². The third-order valence-corrected chi connectivity index (χ3v) is 4.65. The molecule has 0 radical (unpaired) electrons. The fourth-order valence-electron chi connectivity index (χ4n) is 2.84. The molecule has 4 heteroatoms. The van der Waals surface area contributed by atoms with Crippen molar-refractivity contribution >= 4 is 5.91 Å². The van der Waals surface area contributed by atoms with Crippen molar-refractivity contribution in [2.75, 3.05) is 26.2 Å². The molecule has 20 heavy (non-hydrogen) atoms. The molecule has 1 rings (SSSR count). The van der Waals surface area contributed by atoms with Crippen molar-refractivity contribution in [2.45, 2.75) is 66.0 Å². The Morgan fingerprint density at radius 2 is 1.75 bits per heavy atom. The minimum absolute atomic E-state index is 0.00476. The van der Waals surface area contributed by atoms with E-state index in [0.717, 1.165) is 39.0 Å². The summed E-state index contributed by atoms with van der Waals surface area (Å²) in [5, 5.41) is 0. The van der Waals surface area contributed by atoms with Gasteiger partial charge in [-0.2, -0.15) is 0 Å². The van der Waals surface area contributed by atoms with Crippen molar-refractivity contribution in [3.63, 3.8) is 0 Å². The Labute approximate surface area is 124 Å². The third-order valence-electron chi connectivity index (χ3n) is 4.65. The van der Waals surface area contributed by atoms with Crippen LogP contribution in [0.1, 0.15) is 53.9 Å². The van der Waals surface area contributed by atoms with Crippen LogP contribution >= 0.6 is 0 Å². The maximum Gasteiger partial charge on any atom is 0.224 e. The first-order valence-corrected chi connectivity index (χ1v) is 8.07. The van der Waals surface area contributed by atoms with Crippen molar-refractivity contribution in [1.82, 2.24) is 9.80 Å². The van der Waals surface area contributed by atoms with Crippen molar-refractivity contribution in [1.29, 1.82) is 0 Å². The zero-order valence-electron chi connectivity index (χ0n) is 14.0. The van der Waals surface area contributed by atoms with E-state index < -0.39 is 0 Å². The molecule has 0 aromatic heterocycles. The average molecular weight is 283 g/mol. The zero-order valence-corrected chi connectivity index (χ0v) is 14.0. The summed E-state index contributed by atoms with van der Waals surface area (Å²) in [5.74, 6) is 0.227. The van der Waals surface area contributed by atoms with E-state index in [4.69, 9.17) is 5.73 Å². The van der Waals surface area contributed by atoms with Crippen molar-refractivity contribution < 1.29 is 4.79 Å². The van der Waals surface area contributed by atoms with Gasteiger partial charge in [-0.25, -0.2) is 0 Å². The van der Waals surface area contributed by atoms with Gasteiger partial charge in [0.1, 0.15) is 0 Å². The summed E-state index contributed by atoms with van der Waals surface area (Å²) in [7, 11) is 0. The second-order valence-corrected chi connectivity index (χ2v) is 7.01. The molecular weight excluding hydrogens is 250 g/mol. The van der Waals surface area contributed by atoms with Gasteiger partial charge in [0, 0.05) is 31.6 Å². The molecule has 1 aliphatic rings. The maximum absolute atomic E-state index is 12.3. The standard InChI is InChI=1S/C16H33N3O/c1-6-18(7-2)13-8-10-19(11-9-13)15(20)12-14(17)16(3,4)5/h13-14H,6-12,17H2,1-5H3. The summed E-state index contributed by atoms with van der Waals surface area (Å²) < 4.78 is 0. The monoisotopic (exact) mass is 283 g/mol. The highest BCUT2D eigenvalue weighted by Gasteiger charge is 2.29. The van der Waals surface area contributed by atoms with Crippen LogP contribution in [0, 0.1) is 5.41 Å². The van der Waals surface area contributed by atoms with Crippen LogP contribution in [0.2, 0.25) is 0 Å². The number of piperidine rings is 1. The quantitative estimate of drug-likeness (QED) is 0.840. The topological polar surface area (TPSA) is 49.6 Å². The number of amides is 1. The van der Waals surface area contributed by atoms with Crippen LogP contribution in [-0.4, -0.2) is 54.0 Å². The molecule has 4 nitrogen and oxygen atoms in total. The minimum Gasteiger partial charge on any atom is -0.343 e. The van der Waals surface area contributed by atoms with Gasteiger partial charge >= 0.3 is 0 Å². The van der Waals surface area contributed by atoms with Gasteiger partial charge in [0.15, 0.2) is 0 Å². The molecular formula is C16H33N3O. The van der Waals surface area contributed by atoms with Gasteiger partial charge in [-0.3, -0.25) is 4.79 Å². The lowest BCUT2D eigenvalue weighted by Crippen LogP contribution is -2.48. The van der Waals surface area contributed by atoms with E-state index in [1.165, 1.54) is 0 Å². The Morgan fingerprint density at radius 1 is 1.25 bits per heavy atom. The lowest BCUT2D eigenvalue weighted by atomic mass is 9.85.